The average molecular weight is 244 g/mol. The molecule has 1 rings (SSSR count). The summed E-state index contributed by atoms with van der Waals surface area (Å²) in [6, 6.07) is -0.143. The van der Waals surface area contributed by atoms with Gasteiger partial charge in [-0.25, -0.2) is 4.98 Å². The number of carboxylic acids is 1. The molecule has 88 valence electrons. The van der Waals surface area contributed by atoms with Gasteiger partial charge in [0.2, 0.25) is 0 Å². The lowest BCUT2D eigenvalue weighted by atomic mass is 10.1. The van der Waals surface area contributed by atoms with Gasteiger partial charge in [-0.3, -0.25) is 9.78 Å². The van der Waals surface area contributed by atoms with Crippen LogP contribution in [0.1, 0.15) is 26.2 Å². The van der Waals surface area contributed by atoms with Crippen molar-refractivity contribution in [3.63, 3.8) is 0 Å². The first kappa shape index (κ1) is 12.7. The molecule has 0 amide bonds. The fraction of sp³-hybridized carbons (Fsp3) is 0.500. The summed E-state index contributed by atoms with van der Waals surface area (Å²) >= 11 is 5.68. The number of halogens is 1. The summed E-state index contributed by atoms with van der Waals surface area (Å²) < 4.78 is 0. The van der Waals surface area contributed by atoms with Gasteiger partial charge in [-0.15, -0.1) is 0 Å². The number of hydrogen-bond donors (Lipinski definition) is 2. The van der Waals surface area contributed by atoms with Gasteiger partial charge < -0.3 is 10.4 Å². The van der Waals surface area contributed by atoms with Crippen LogP contribution in [-0.4, -0.2) is 27.1 Å². The monoisotopic (exact) mass is 243 g/mol. The van der Waals surface area contributed by atoms with E-state index in [1.54, 1.807) is 0 Å². The van der Waals surface area contributed by atoms with Crippen molar-refractivity contribution in [1.82, 2.24) is 9.97 Å². The number of hydrogen-bond acceptors (Lipinski definition) is 4. The van der Waals surface area contributed by atoms with Gasteiger partial charge in [0.25, 0.3) is 0 Å². The number of aliphatic carboxylic acids is 1. The second kappa shape index (κ2) is 6.27. The molecule has 0 aliphatic carbocycles. The molecule has 1 unspecified atom stereocenters. The van der Waals surface area contributed by atoms with Gasteiger partial charge in [-0.05, 0) is 6.42 Å². The Balaban J connectivity index is 2.63. The van der Waals surface area contributed by atoms with E-state index < -0.39 is 5.97 Å². The minimum Gasteiger partial charge on any atom is -0.481 e. The van der Waals surface area contributed by atoms with Crippen LogP contribution >= 0.6 is 11.6 Å². The molecular formula is C10H14ClN3O2. The first-order valence-electron chi connectivity index (χ1n) is 5.07. The third-order valence-corrected chi connectivity index (χ3v) is 2.20. The predicted octanol–water partition coefficient (Wildman–Crippen LogP) is 2.19. The summed E-state index contributed by atoms with van der Waals surface area (Å²) in [4.78, 5) is 18.5. The quantitative estimate of drug-likeness (QED) is 0.801. The highest BCUT2D eigenvalue weighted by atomic mass is 35.5. The van der Waals surface area contributed by atoms with Crippen molar-refractivity contribution in [2.24, 2.45) is 0 Å². The Morgan fingerprint density at radius 1 is 1.62 bits per heavy atom. The number of rotatable bonds is 6. The van der Waals surface area contributed by atoms with Crippen LogP contribution in [0.5, 0.6) is 0 Å². The van der Waals surface area contributed by atoms with Gasteiger partial charge in [-0.1, -0.05) is 24.9 Å². The number of carbonyl (C=O) groups is 1. The highest BCUT2D eigenvalue weighted by Gasteiger charge is 2.12. The first-order valence-corrected chi connectivity index (χ1v) is 5.45. The molecule has 0 aliphatic heterocycles. The van der Waals surface area contributed by atoms with Crippen LogP contribution in [0.3, 0.4) is 0 Å². The van der Waals surface area contributed by atoms with E-state index in [0.717, 1.165) is 12.8 Å². The third-order valence-electron chi connectivity index (χ3n) is 2.02. The molecule has 1 aromatic rings. The summed E-state index contributed by atoms with van der Waals surface area (Å²) in [5.74, 6) is -0.326. The Morgan fingerprint density at radius 2 is 2.38 bits per heavy atom. The molecule has 0 aliphatic rings. The van der Waals surface area contributed by atoms with Crippen LogP contribution < -0.4 is 5.32 Å². The Bertz CT molecular complexity index is 360. The number of carboxylic acid groups (broad SMARTS) is 1. The molecular weight excluding hydrogens is 230 g/mol. The van der Waals surface area contributed by atoms with Crippen LogP contribution in [0.15, 0.2) is 12.4 Å². The van der Waals surface area contributed by atoms with E-state index in [9.17, 15) is 4.79 Å². The van der Waals surface area contributed by atoms with E-state index in [2.05, 4.69) is 15.3 Å². The Labute approximate surface area is 98.9 Å². The lowest BCUT2D eigenvalue weighted by molar-refractivity contribution is -0.137. The second-order valence-corrected chi connectivity index (χ2v) is 3.84. The minimum absolute atomic E-state index is 0.0576. The molecule has 2 N–H and O–H groups in total. The summed E-state index contributed by atoms with van der Waals surface area (Å²) in [6.45, 7) is 2.00. The highest BCUT2D eigenvalue weighted by molar-refractivity contribution is 6.29. The maximum Gasteiger partial charge on any atom is 0.305 e. The predicted molar refractivity (Wildman–Crippen MR) is 61.6 cm³/mol. The largest absolute Gasteiger partial charge is 0.481 e. The molecule has 0 bridgehead atoms. The topological polar surface area (TPSA) is 75.1 Å². The van der Waals surface area contributed by atoms with Crippen molar-refractivity contribution in [3.05, 3.63) is 17.5 Å². The van der Waals surface area contributed by atoms with Gasteiger partial charge in [0.05, 0.1) is 18.8 Å². The van der Waals surface area contributed by atoms with Crippen molar-refractivity contribution in [1.29, 1.82) is 0 Å². The molecule has 0 fully saturated rings. The van der Waals surface area contributed by atoms with Crippen LogP contribution in [0.2, 0.25) is 5.15 Å². The Hall–Kier alpha value is -1.36. The summed E-state index contributed by atoms with van der Waals surface area (Å²) in [5.41, 5.74) is 0. The van der Waals surface area contributed by atoms with Crippen LogP contribution in [0, 0.1) is 0 Å². The van der Waals surface area contributed by atoms with Gasteiger partial charge in [0.1, 0.15) is 11.0 Å². The summed E-state index contributed by atoms with van der Waals surface area (Å²) in [5, 5.41) is 12.0. The normalized spacial score (nSPS) is 12.1. The van der Waals surface area contributed by atoms with Crippen molar-refractivity contribution < 1.29 is 9.90 Å². The fourth-order valence-corrected chi connectivity index (χ4v) is 1.55. The molecule has 1 atom stereocenters. The van der Waals surface area contributed by atoms with Crippen molar-refractivity contribution in [2.45, 2.75) is 32.2 Å². The third kappa shape index (κ3) is 4.44. The lowest BCUT2D eigenvalue weighted by Gasteiger charge is -2.16. The summed E-state index contributed by atoms with van der Waals surface area (Å²) in [6.07, 6.45) is 4.68. The van der Waals surface area contributed by atoms with Gasteiger partial charge in [0.15, 0.2) is 0 Å². The van der Waals surface area contributed by atoms with E-state index in [4.69, 9.17) is 16.7 Å². The average Bonchev–Trinajstić information content (AvgIpc) is 2.16. The molecule has 16 heavy (non-hydrogen) atoms. The molecule has 1 aromatic heterocycles. The Morgan fingerprint density at radius 3 is 2.94 bits per heavy atom. The second-order valence-electron chi connectivity index (χ2n) is 3.45. The lowest BCUT2D eigenvalue weighted by Crippen LogP contribution is -2.23. The molecule has 5 nitrogen and oxygen atoms in total. The van der Waals surface area contributed by atoms with Crippen molar-refractivity contribution in [2.75, 3.05) is 5.32 Å². The smallest absolute Gasteiger partial charge is 0.305 e. The Kier molecular flexibility index (Phi) is 4.98. The van der Waals surface area contributed by atoms with E-state index in [1.807, 2.05) is 6.92 Å². The molecule has 0 radical (unpaired) electrons. The number of nitrogens with zero attached hydrogens (tertiary/aromatic N) is 2. The molecule has 0 saturated carbocycles. The number of anilines is 1. The molecule has 0 spiro atoms. The molecule has 0 saturated heterocycles. The zero-order chi connectivity index (χ0) is 12.0. The van der Waals surface area contributed by atoms with Gasteiger partial charge >= 0.3 is 5.97 Å². The van der Waals surface area contributed by atoms with E-state index >= 15 is 0 Å². The maximum atomic E-state index is 10.6. The minimum atomic E-state index is -0.832. The SMILES string of the molecule is CCCC(CC(=O)O)Nc1cncc(Cl)n1. The first-order chi connectivity index (χ1) is 7.61. The number of aromatic nitrogens is 2. The van der Waals surface area contributed by atoms with E-state index in [0.29, 0.717) is 5.82 Å². The van der Waals surface area contributed by atoms with Crippen LogP contribution in [-0.2, 0) is 4.79 Å². The van der Waals surface area contributed by atoms with Crippen LogP contribution in [0.25, 0.3) is 0 Å². The van der Waals surface area contributed by atoms with E-state index in [1.165, 1.54) is 12.4 Å². The zero-order valence-electron chi connectivity index (χ0n) is 8.98. The van der Waals surface area contributed by atoms with E-state index in [-0.39, 0.29) is 17.6 Å². The zero-order valence-corrected chi connectivity index (χ0v) is 9.74. The molecule has 0 aromatic carbocycles. The molecule has 1 heterocycles. The molecule has 6 heteroatoms. The maximum absolute atomic E-state index is 10.6. The number of nitrogens with one attached hydrogen (secondary N) is 1. The van der Waals surface area contributed by atoms with Gasteiger partial charge in [0, 0.05) is 6.04 Å². The van der Waals surface area contributed by atoms with Crippen molar-refractivity contribution >= 4 is 23.4 Å². The van der Waals surface area contributed by atoms with Crippen LogP contribution in [0.4, 0.5) is 5.82 Å². The highest BCUT2D eigenvalue weighted by Crippen LogP contribution is 2.12. The standard InChI is InChI=1S/C10H14ClN3O2/c1-2-3-7(4-10(15)16)13-9-6-12-5-8(11)14-9/h5-7H,2-4H2,1H3,(H,13,14)(H,15,16). The van der Waals surface area contributed by atoms with Gasteiger partial charge in [-0.2, -0.15) is 0 Å². The van der Waals surface area contributed by atoms with Crippen molar-refractivity contribution in [3.8, 4) is 0 Å². The summed E-state index contributed by atoms with van der Waals surface area (Å²) in [7, 11) is 0. The fourth-order valence-electron chi connectivity index (χ4n) is 1.41.